The van der Waals surface area contributed by atoms with E-state index in [1.807, 2.05) is 42.6 Å². The number of pyridine rings is 1. The summed E-state index contributed by atoms with van der Waals surface area (Å²) < 4.78 is 3.34. The highest BCUT2D eigenvalue weighted by Gasteiger charge is 2.09. The maximum absolute atomic E-state index is 12.9. The predicted molar refractivity (Wildman–Crippen MR) is 100 cm³/mol. The molecule has 0 unspecified atom stereocenters. The van der Waals surface area contributed by atoms with Crippen molar-refractivity contribution in [2.45, 2.75) is 6.54 Å². The second-order valence-electron chi connectivity index (χ2n) is 6.11. The van der Waals surface area contributed by atoms with Crippen molar-refractivity contribution < 1.29 is 10.0 Å². The van der Waals surface area contributed by atoms with Gasteiger partial charge >= 0.3 is 0 Å². The van der Waals surface area contributed by atoms with Gasteiger partial charge in [-0.05, 0) is 47.3 Å². The van der Waals surface area contributed by atoms with Crippen LogP contribution >= 0.6 is 0 Å². The van der Waals surface area contributed by atoms with Crippen molar-refractivity contribution in [3.05, 3.63) is 94.7 Å². The molecule has 0 saturated carbocycles. The number of fused-ring (bicyclic) bond motifs is 1. The summed E-state index contributed by atoms with van der Waals surface area (Å²) in [6.07, 6.45) is 5.30. The first-order valence-corrected chi connectivity index (χ1v) is 8.32. The first-order chi connectivity index (χ1) is 13.2. The van der Waals surface area contributed by atoms with E-state index in [0.29, 0.717) is 11.9 Å². The molecule has 0 atom stereocenters. The van der Waals surface area contributed by atoms with Gasteiger partial charge in [0, 0.05) is 29.5 Å². The van der Waals surface area contributed by atoms with Crippen molar-refractivity contribution >= 4 is 16.7 Å². The van der Waals surface area contributed by atoms with Crippen LogP contribution in [0.25, 0.3) is 16.5 Å². The lowest BCUT2D eigenvalue weighted by molar-refractivity contribution is 0.0706. The Morgan fingerprint density at radius 2 is 1.96 bits per heavy atom. The molecule has 2 N–H and O–H groups in total. The van der Waals surface area contributed by atoms with E-state index in [4.69, 9.17) is 5.21 Å². The molecule has 2 aromatic carbocycles. The van der Waals surface area contributed by atoms with Gasteiger partial charge in [0.2, 0.25) is 0 Å². The van der Waals surface area contributed by atoms with Gasteiger partial charge in [-0.2, -0.15) is 5.10 Å². The lowest BCUT2D eigenvalue weighted by atomic mass is 10.1. The topological polar surface area (TPSA) is 89.2 Å². The van der Waals surface area contributed by atoms with Crippen LogP contribution in [0.5, 0.6) is 0 Å². The van der Waals surface area contributed by atoms with Gasteiger partial charge in [0.15, 0.2) is 0 Å². The molecule has 27 heavy (non-hydrogen) atoms. The highest BCUT2D eigenvalue weighted by Crippen LogP contribution is 2.14. The number of aromatic nitrogens is 3. The highest BCUT2D eigenvalue weighted by atomic mass is 16.5. The molecule has 134 valence electrons. The Labute approximate surface area is 154 Å². The molecule has 2 aromatic heterocycles. The Morgan fingerprint density at radius 1 is 1.07 bits per heavy atom. The molecule has 7 heteroatoms. The summed E-state index contributed by atoms with van der Waals surface area (Å²) >= 11 is 0. The van der Waals surface area contributed by atoms with E-state index in [-0.39, 0.29) is 11.1 Å². The Hall–Kier alpha value is -3.71. The van der Waals surface area contributed by atoms with Gasteiger partial charge < -0.3 is 4.57 Å². The lowest BCUT2D eigenvalue weighted by Gasteiger charge is -2.10. The van der Waals surface area contributed by atoms with Gasteiger partial charge in [-0.1, -0.05) is 18.2 Å². The van der Waals surface area contributed by atoms with Crippen LogP contribution in [0.3, 0.4) is 0 Å². The first kappa shape index (κ1) is 16.7. The van der Waals surface area contributed by atoms with E-state index in [1.165, 1.54) is 6.07 Å². The monoisotopic (exact) mass is 360 g/mol. The van der Waals surface area contributed by atoms with Crippen molar-refractivity contribution in [1.82, 2.24) is 19.8 Å². The predicted octanol–water partition coefficient (Wildman–Crippen LogP) is 2.35. The van der Waals surface area contributed by atoms with Gasteiger partial charge in [-0.3, -0.25) is 14.8 Å². The molecule has 1 amide bonds. The van der Waals surface area contributed by atoms with Crippen LogP contribution < -0.4 is 11.0 Å². The number of carbonyl (C=O) groups is 1. The van der Waals surface area contributed by atoms with Crippen LogP contribution in [0.2, 0.25) is 0 Å². The number of rotatable bonds is 4. The Kier molecular flexibility index (Phi) is 4.27. The third kappa shape index (κ3) is 3.23. The molecule has 0 bridgehead atoms. The summed E-state index contributed by atoms with van der Waals surface area (Å²) in [5.41, 5.74) is 3.46. The minimum absolute atomic E-state index is 0.204. The van der Waals surface area contributed by atoms with Gasteiger partial charge in [-0.15, -0.1) is 0 Å². The number of hydroxylamine groups is 1. The molecule has 7 nitrogen and oxygen atoms in total. The first-order valence-electron chi connectivity index (χ1n) is 8.32. The molecule has 2 heterocycles. The summed E-state index contributed by atoms with van der Waals surface area (Å²) in [6, 6.07) is 16.2. The van der Waals surface area contributed by atoms with Crippen molar-refractivity contribution in [2.24, 2.45) is 0 Å². The minimum atomic E-state index is -0.654. The number of carbonyl (C=O) groups excluding carboxylic acids is 1. The average Bonchev–Trinajstić information content (AvgIpc) is 3.24. The van der Waals surface area contributed by atoms with Crippen LogP contribution in [-0.2, 0) is 6.54 Å². The molecule has 0 aliphatic carbocycles. The van der Waals surface area contributed by atoms with Gasteiger partial charge in [0.1, 0.15) is 0 Å². The number of hydrogen-bond donors (Lipinski definition) is 2. The summed E-state index contributed by atoms with van der Waals surface area (Å²) in [6.45, 7) is 0.389. The van der Waals surface area contributed by atoms with Crippen LogP contribution in [0, 0.1) is 0 Å². The van der Waals surface area contributed by atoms with Crippen molar-refractivity contribution in [1.29, 1.82) is 0 Å². The number of amides is 1. The molecular formula is C20H16N4O3. The van der Waals surface area contributed by atoms with Crippen molar-refractivity contribution in [3.8, 4) is 5.69 Å². The molecule has 0 fully saturated rings. The fourth-order valence-corrected chi connectivity index (χ4v) is 3.03. The van der Waals surface area contributed by atoms with Gasteiger partial charge in [0.05, 0.1) is 12.2 Å². The molecule has 0 saturated heterocycles. The molecule has 0 radical (unpaired) electrons. The number of hydrogen-bond acceptors (Lipinski definition) is 4. The molecular weight excluding hydrogens is 344 g/mol. The molecule has 0 aliphatic heterocycles. The third-order valence-electron chi connectivity index (χ3n) is 4.37. The van der Waals surface area contributed by atoms with Crippen molar-refractivity contribution in [3.63, 3.8) is 0 Å². The van der Waals surface area contributed by atoms with Crippen LogP contribution in [0.4, 0.5) is 0 Å². The van der Waals surface area contributed by atoms with E-state index in [2.05, 4.69) is 5.10 Å². The summed E-state index contributed by atoms with van der Waals surface area (Å²) in [7, 11) is 0. The quantitative estimate of drug-likeness (QED) is 0.432. The van der Waals surface area contributed by atoms with E-state index in [0.717, 1.165) is 16.6 Å². The fourth-order valence-electron chi connectivity index (χ4n) is 3.03. The van der Waals surface area contributed by atoms with Crippen molar-refractivity contribution in [2.75, 3.05) is 0 Å². The van der Waals surface area contributed by atoms with E-state index >= 15 is 0 Å². The largest absolute Gasteiger partial charge is 0.311 e. The zero-order valence-electron chi connectivity index (χ0n) is 14.2. The van der Waals surface area contributed by atoms with Gasteiger partial charge in [0.25, 0.3) is 11.5 Å². The SMILES string of the molecule is O=C(NO)c1ccc2ccn(Cc3cccc(-n4cccn4)c3)c(=O)c2c1. The van der Waals surface area contributed by atoms with E-state index in [1.54, 1.807) is 39.3 Å². The molecule has 0 spiro atoms. The standard InChI is InChI=1S/C20H16N4O3/c25-19(22-27)16-6-5-15-7-10-23(20(26)18(15)12-16)13-14-3-1-4-17(11-14)24-9-2-8-21-24/h1-12,27H,13H2,(H,22,25). The summed E-state index contributed by atoms with van der Waals surface area (Å²) in [4.78, 5) is 24.5. The Morgan fingerprint density at radius 3 is 2.74 bits per heavy atom. The Bertz CT molecular complexity index is 1180. The van der Waals surface area contributed by atoms with Crippen LogP contribution in [0.1, 0.15) is 15.9 Å². The molecule has 4 rings (SSSR count). The zero-order valence-corrected chi connectivity index (χ0v) is 14.2. The van der Waals surface area contributed by atoms with Crippen LogP contribution in [0.15, 0.2) is 78.0 Å². The summed E-state index contributed by atoms with van der Waals surface area (Å²) in [5.74, 6) is -0.654. The Balaban J connectivity index is 1.72. The second-order valence-corrected chi connectivity index (χ2v) is 6.11. The van der Waals surface area contributed by atoms with E-state index in [9.17, 15) is 9.59 Å². The van der Waals surface area contributed by atoms with E-state index < -0.39 is 5.91 Å². The number of benzene rings is 2. The zero-order chi connectivity index (χ0) is 18.8. The molecule has 4 aromatic rings. The lowest BCUT2D eigenvalue weighted by Crippen LogP contribution is -2.22. The third-order valence-corrected chi connectivity index (χ3v) is 4.37. The number of nitrogens with one attached hydrogen (secondary N) is 1. The maximum atomic E-state index is 12.9. The van der Waals surface area contributed by atoms with Crippen LogP contribution in [-0.4, -0.2) is 25.5 Å². The number of nitrogens with zero attached hydrogens (tertiary/aromatic N) is 3. The van der Waals surface area contributed by atoms with Gasteiger partial charge in [-0.25, -0.2) is 10.2 Å². The smallest absolute Gasteiger partial charge is 0.274 e. The molecule has 0 aliphatic rings. The highest BCUT2D eigenvalue weighted by molar-refractivity contribution is 5.97. The second kappa shape index (κ2) is 6.89. The minimum Gasteiger partial charge on any atom is -0.311 e. The normalized spacial score (nSPS) is 10.9. The maximum Gasteiger partial charge on any atom is 0.274 e. The summed E-state index contributed by atoms with van der Waals surface area (Å²) in [5, 5.41) is 14.2. The average molecular weight is 360 g/mol. The fraction of sp³-hybridized carbons (Fsp3) is 0.0500.